The molecule has 3 heteroatoms. The Labute approximate surface area is 115 Å². The SMILES string of the molecule is Cc1cc(SC(C)(C)C)cnc1N1CCCCC1. The van der Waals surface area contributed by atoms with E-state index in [4.69, 9.17) is 4.98 Å². The molecule has 1 aromatic rings. The van der Waals surface area contributed by atoms with Crippen molar-refractivity contribution in [3.63, 3.8) is 0 Å². The molecule has 2 rings (SSSR count). The Morgan fingerprint density at radius 1 is 1.17 bits per heavy atom. The van der Waals surface area contributed by atoms with Crippen molar-refractivity contribution in [3.05, 3.63) is 17.8 Å². The largest absolute Gasteiger partial charge is 0.356 e. The van der Waals surface area contributed by atoms with Gasteiger partial charge < -0.3 is 4.90 Å². The Hall–Kier alpha value is -0.700. The summed E-state index contributed by atoms with van der Waals surface area (Å²) >= 11 is 1.89. The lowest BCUT2D eigenvalue weighted by Crippen LogP contribution is -2.30. The van der Waals surface area contributed by atoms with Crippen LogP contribution in [0.2, 0.25) is 0 Å². The smallest absolute Gasteiger partial charge is 0.131 e. The first-order valence-corrected chi connectivity index (χ1v) is 7.68. The summed E-state index contributed by atoms with van der Waals surface area (Å²) in [6.45, 7) is 11.2. The Kier molecular flexibility index (Phi) is 4.21. The number of anilines is 1. The van der Waals surface area contributed by atoms with Crippen LogP contribution in [0.5, 0.6) is 0 Å². The van der Waals surface area contributed by atoms with Crippen LogP contribution in [0.25, 0.3) is 0 Å². The summed E-state index contributed by atoms with van der Waals surface area (Å²) in [5.41, 5.74) is 1.31. The highest BCUT2D eigenvalue weighted by atomic mass is 32.2. The van der Waals surface area contributed by atoms with E-state index in [2.05, 4.69) is 38.7 Å². The lowest BCUT2D eigenvalue weighted by molar-refractivity contribution is 0.572. The molecule has 1 aromatic heterocycles. The third-order valence-corrected chi connectivity index (χ3v) is 4.18. The normalized spacial score (nSPS) is 17.0. The van der Waals surface area contributed by atoms with E-state index in [-0.39, 0.29) is 4.75 Å². The highest BCUT2D eigenvalue weighted by molar-refractivity contribution is 8.00. The third-order valence-electron chi connectivity index (χ3n) is 3.11. The van der Waals surface area contributed by atoms with Crippen LogP contribution in [0.3, 0.4) is 0 Å². The summed E-state index contributed by atoms with van der Waals surface area (Å²) in [6.07, 6.45) is 6.01. The van der Waals surface area contributed by atoms with Crippen LogP contribution in [-0.4, -0.2) is 22.8 Å². The molecule has 0 amide bonds. The predicted molar refractivity (Wildman–Crippen MR) is 80.6 cm³/mol. The molecule has 1 aliphatic rings. The van der Waals surface area contributed by atoms with E-state index in [0.29, 0.717) is 0 Å². The minimum atomic E-state index is 0.251. The molecular weight excluding hydrogens is 240 g/mol. The summed E-state index contributed by atoms with van der Waals surface area (Å²) < 4.78 is 0.251. The average Bonchev–Trinajstić information content (AvgIpc) is 2.28. The van der Waals surface area contributed by atoms with E-state index in [1.165, 1.54) is 48.6 Å². The van der Waals surface area contributed by atoms with Gasteiger partial charge in [-0.05, 0) is 37.8 Å². The van der Waals surface area contributed by atoms with Gasteiger partial charge in [-0.2, -0.15) is 0 Å². The highest BCUT2D eigenvalue weighted by Crippen LogP contribution is 2.33. The zero-order chi connectivity index (χ0) is 13.2. The molecule has 0 aliphatic carbocycles. The Balaban J connectivity index is 2.14. The van der Waals surface area contributed by atoms with Crippen LogP contribution in [0.15, 0.2) is 17.2 Å². The first-order valence-electron chi connectivity index (χ1n) is 6.86. The number of hydrogen-bond donors (Lipinski definition) is 0. The third kappa shape index (κ3) is 3.64. The van der Waals surface area contributed by atoms with Crippen molar-refractivity contribution < 1.29 is 0 Å². The maximum atomic E-state index is 4.69. The molecule has 2 nitrogen and oxygen atoms in total. The van der Waals surface area contributed by atoms with Gasteiger partial charge in [0.05, 0.1) is 0 Å². The van der Waals surface area contributed by atoms with Gasteiger partial charge in [0, 0.05) is 28.9 Å². The van der Waals surface area contributed by atoms with Crippen molar-refractivity contribution in [1.82, 2.24) is 4.98 Å². The molecule has 1 saturated heterocycles. The van der Waals surface area contributed by atoms with Crippen LogP contribution >= 0.6 is 11.8 Å². The van der Waals surface area contributed by atoms with Crippen LogP contribution in [-0.2, 0) is 0 Å². The van der Waals surface area contributed by atoms with Crippen molar-refractivity contribution in [2.24, 2.45) is 0 Å². The molecule has 0 bridgehead atoms. The minimum absolute atomic E-state index is 0.251. The number of rotatable bonds is 2. The molecular formula is C15H24N2S. The topological polar surface area (TPSA) is 16.1 Å². The second-order valence-corrected chi connectivity index (χ2v) is 7.97. The van der Waals surface area contributed by atoms with E-state index in [1.54, 1.807) is 0 Å². The zero-order valence-electron chi connectivity index (χ0n) is 12.0. The fourth-order valence-corrected chi connectivity index (χ4v) is 3.44. The van der Waals surface area contributed by atoms with Crippen LogP contribution < -0.4 is 4.90 Å². The van der Waals surface area contributed by atoms with Gasteiger partial charge in [-0.1, -0.05) is 20.8 Å². The minimum Gasteiger partial charge on any atom is -0.356 e. The second kappa shape index (κ2) is 5.52. The number of thioether (sulfide) groups is 1. The lowest BCUT2D eigenvalue weighted by atomic mass is 10.1. The molecule has 0 N–H and O–H groups in total. The molecule has 18 heavy (non-hydrogen) atoms. The van der Waals surface area contributed by atoms with E-state index in [1.807, 2.05) is 18.0 Å². The zero-order valence-corrected chi connectivity index (χ0v) is 12.8. The molecule has 100 valence electrons. The molecule has 0 unspecified atom stereocenters. The molecule has 0 atom stereocenters. The van der Waals surface area contributed by atoms with Gasteiger partial charge in [-0.3, -0.25) is 0 Å². The molecule has 1 fully saturated rings. The van der Waals surface area contributed by atoms with Crippen LogP contribution in [0.4, 0.5) is 5.82 Å². The lowest BCUT2D eigenvalue weighted by Gasteiger charge is -2.29. The van der Waals surface area contributed by atoms with Crippen LogP contribution in [0.1, 0.15) is 45.6 Å². The first kappa shape index (κ1) is 13.7. The summed E-state index contributed by atoms with van der Waals surface area (Å²) in [4.78, 5) is 8.40. The average molecular weight is 264 g/mol. The van der Waals surface area contributed by atoms with Gasteiger partial charge >= 0.3 is 0 Å². The number of aryl methyl sites for hydroxylation is 1. The maximum absolute atomic E-state index is 4.69. The predicted octanol–water partition coefficient (Wildman–Crippen LogP) is 4.27. The monoisotopic (exact) mass is 264 g/mol. The molecule has 0 saturated carbocycles. The Morgan fingerprint density at radius 2 is 1.83 bits per heavy atom. The van der Waals surface area contributed by atoms with Gasteiger partial charge in [0.15, 0.2) is 0 Å². The fourth-order valence-electron chi connectivity index (χ4n) is 2.39. The second-order valence-electron chi connectivity index (χ2n) is 6.07. The van der Waals surface area contributed by atoms with Gasteiger partial charge in [-0.25, -0.2) is 4.98 Å². The summed E-state index contributed by atoms with van der Waals surface area (Å²) in [5.74, 6) is 1.19. The van der Waals surface area contributed by atoms with Crippen molar-refractivity contribution in [1.29, 1.82) is 0 Å². The van der Waals surface area contributed by atoms with Gasteiger partial charge in [-0.15, -0.1) is 11.8 Å². The molecule has 0 spiro atoms. The van der Waals surface area contributed by atoms with Gasteiger partial charge in [0.2, 0.25) is 0 Å². The van der Waals surface area contributed by atoms with Crippen molar-refractivity contribution in [3.8, 4) is 0 Å². The molecule has 1 aliphatic heterocycles. The highest BCUT2D eigenvalue weighted by Gasteiger charge is 2.16. The van der Waals surface area contributed by atoms with E-state index in [9.17, 15) is 0 Å². The van der Waals surface area contributed by atoms with E-state index < -0.39 is 0 Å². The van der Waals surface area contributed by atoms with E-state index >= 15 is 0 Å². The van der Waals surface area contributed by atoms with Crippen molar-refractivity contribution in [2.75, 3.05) is 18.0 Å². The van der Waals surface area contributed by atoms with Crippen molar-refractivity contribution in [2.45, 2.75) is 56.6 Å². The summed E-state index contributed by atoms with van der Waals surface area (Å²) in [7, 11) is 0. The number of aromatic nitrogens is 1. The quantitative estimate of drug-likeness (QED) is 0.742. The molecule has 0 aromatic carbocycles. The first-order chi connectivity index (χ1) is 8.46. The number of piperidine rings is 1. The summed E-state index contributed by atoms with van der Waals surface area (Å²) in [5, 5.41) is 0. The standard InChI is InChI=1S/C15H24N2S/c1-12-10-13(18-15(2,3)4)11-16-14(12)17-8-6-5-7-9-17/h10-11H,5-9H2,1-4H3. The Bertz CT molecular complexity index is 403. The summed E-state index contributed by atoms with van der Waals surface area (Å²) in [6, 6.07) is 2.28. The van der Waals surface area contributed by atoms with Crippen molar-refractivity contribution >= 4 is 17.6 Å². The molecule has 0 radical (unpaired) electrons. The van der Waals surface area contributed by atoms with E-state index in [0.717, 1.165) is 0 Å². The molecule has 2 heterocycles. The number of hydrogen-bond acceptors (Lipinski definition) is 3. The van der Waals surface area contributed by atoms with Gasteiger partial charge in [0.25, 0.3) is 0 Å². The fraction of sp³-hybridized carbons (Fsp3) is 0.667. The van der Waals surface area contributed by atoms with Crippen LogP contribution in [0, 0.1) is 6.92 Å². The maximum Gasteiger partial charge on any atom is 0.131 e. The Morgan fingerprint density at radius 3 is 2.39 bits per heavy atom. The van der Waals surface area contributed by atoms with Gasteiger partial charge in [0.1, 0.15) is 5.82 Å². The number of pyridine rings is 1. The number of nitrogens with zero attached hydrogens (tertiary/aromatic N) is 2.